The Morgan fingerprint density at radius 1 is 1.44 bits per heavy atom. The van der Waals surface area contributed by atoms with Crippen LogP contribution in [0, 0.1) is 10.1 Å². The van der Waals surface area contributed by atoms with Gasteiger partial charge in [-0.1, -0.05) is 0 Å². The molecule has 18 heavy (non-hydrogen) atoms. The van der Waals surface area contributed by atoms with Crippen LogP contribution in [0.5, 0.6) is 0 Å². The van der Waals surface area contributed by atoms with Gasteiger partial charge < -0.3 is 10.7 Å². The zero-order valence-electron chi connectivity index (χ0n) is 9.16. The first-order valence-corrected chi connectivity index (χ1v) is 5.82. The van der Waals surface area contributed by atoms with Gasteiger partial charge in [0.05, 0.1) is 23.6 Å². The van der Waals surface area contributed by atoms with Gasteiger partial charge in [0.25, 0.3) is 5.69 Å². The molecule has 0 saturated heterocycles. The zero-order chi connectivity index (χ0) is 13.0. The van der Waals surface area contributed by atoms with E-state index in [-0.39, 0.29) is 11.5 Å². The van der Waals surface area contributed by atoms with Crippen molar-refractivity contribution >= 4 is 28.7 Å². The lowest BCUT2D eigenvalue weighted by Crippen LogP contribution is -2.10. The van der Waals surface area contributed by atoms with Gasteiger partial charge >= 0.3 is 0 Å². The molecular weight excluding hydrogens is 256 g/mol. The second kappa shape index (κ2) is 5.38. The van der Waals surface area contributed by atoms with Crippen molar-refractivity contribution in [1.29, 1.82) is 0 Å². The summed E-state index contributed by atoms with van der Waals surface area (Å²) in [5.41, 5.74) is 2.20. The Bertz CT molecular complexity index is 544. The molecule has 0 aliphatic heterocycles. The van der Waals surface area contributed by atoms with Crippen LogP contribution in [0.1, 0.15) is 5.01 Å². The van der Waals surface area contributed by atoms with Crippen LogP contribution < -0.4 is 16.6 Å². The Labute approximate surface area is 106 Å². The summed E-state index contributed by atoms with van der Waals surface area (Å²) in [6.07, 6.45) is 1.69. The Kier molecular flexibility index (Phi) is 3.65. The molecule has 0 atom stereocenters. The minimum absolute atomic E-state index is 0.0837. The molecule has 4 N–H and O–H groups in total. The minimum Gasteiger partial charge on any atom is -0.363 e. The quantitative estimate of drug-likeness (QED) is 0.424. The number of anilines is 2. The van der Waals surface area contributed by atoms with Gasteiger partial charge in [-0.15, -0.1) is 11.3 Å². The number of nitrogens with two attached hydrogens (primary N) is 1. The largest absolute Gasteiger partial charge is 0.363 e. The normalized spacial score (nSPS) is 10.1. The lowest BCUT2D eigenvalue weighted by molar-refractivity contribution is -0.384. The average molecular weight is 266 g/mol. The molecule has 2 heterocycles. The highest BCUT2D eigenvalue weighted by atomic mass is 32.1. The van der Waals surface area contributed by atoms with E-state index < -0.39 is 4.92 Å². The number of aromatic nitrogens is 2. The summed E-state index contributed by atoms with van der Waals surface area (Å²) in [5, 5.41) is 16.4. The molecule has 0 unspecified atom stereocenters. The van der Waals surface area contributed by atoms with Gasteiger partial charge in [-0.2, -0.15) is 0 Å². The van der Waals surface area contributed by atoms with Crippen molar-refractivity contribution in [2.24, 2.45) is 5.84 Å². The molecule has 0 aliphatic carbocycles. The molecule has 0 aromatic carbocycles. The minimum atomic E-state index is -0.503. The van der Waals surface area contributed by atoms with Gasteiger partial charge in [-0.25, -0.2) is 15.8 Å². The molecule has 2 aromatic heterocycles. The highest BCUT2D eigenvalue weighted by molar-refractivity contribution is 7.09. The number of pyridine rings is 1. The summed E-state index contributed by atoms with van der Waals surface area (Å²) >= 11 is 1.49. The average Bonchev–Trinajstić information content (AvgIpc) is 2.89. The molecule has 0 bridgehead atoms. The number of rotatable bonds is 5. The van der Waals surface area contributed by atoms with E-state index in [1.165, 1.54) is 23.5 Å². The zero-order valence-corrected chi connectivity index (χ0v) is 9.98. The number of nitrogen functional groups attached to an aromatic ring is 1. The van der Waals surface area contributed by atoms with Crippen LogP contribution in [-0.4, -0.2) is 14.9 Å². The summed E-state index contributed by atoms with van der Waals surface area (Å²) in [5.74, 6) is 5.80. The fraction of sp³-hybridized carbons (Fsp3) is 0.111. The van der Waals surface area contributed by atoms with Crippen molar-refractivity contribution < 1.29 is 4.92 Å². The fourth-order valence-electron chi connectivity index (χ4n) is 1.29. The Hall–Kier alpha value is -2.26. The Morgan fingerprint density at radius 2 is 2.22 bits per heavy atom. The molecule has 9 heteroatoms. The van der Waals surface area contributed by atoms with E-state index in [1.54, 1.807) is 6.20 Å². The van der Waals surface area contributed by atoms with E-state index in [9.17, 15) is 10.1 Å². The summed E-state index contributed by atoms with van der Waals surface area (Å²) < 4.78 is 0. The fourth-order valence-corrected chi connectivity index (χ4v) is 1.85. The van der Waals surface area contributed by atoms with Crippen LogP contribution in [0.4, 0.5) is 17.3 Å². The predicted molar refractivity (Wildman–Crippen MR) is 68.1 cm³/mol. The van der Waals surface area contributed by atoms with Crippen molar-refractivity contribution in [3.63, 3.8) is 0 Å². The number of nitrogens with one attached hydrogen (secondary N) is 2. The van der Waals surface area contributed by atoms with E-state index in [4.69, 9.17) is 5.84 Å². The van der Waals surface area contributed by atoms with Gasteiger partial charge in [0.2, 0.25) is 0 Å². The number of hydrogen-bond acceptors (Lipinski definition) is 8. The molecule has 8 nitrogen and oxygen atoms in total. The van der Waals surface area contributed by atoms with Gasteiger partial charge in [0.1, 0.15) is 16.6 Å². The molecule has 2 rings (SSSR count). The standard InChI is InChI=1S/C9H10N6O2S/c10-14-8-4-6(15(16)17)3-7(13-8)12-5-9-11-1-2-18-9/h1-4H,5,10H2,(H2,12,13,14). The van der Waals surface area contributed by atoms with Crippen LogP contribution in [-0.2, 0) is 6.54 Å². The van der Waals surface area contributed by atoms with Crippen LogP contribution in [0.2, 0.25) is 0 Å². The maximum atomic E-state index is 10.7. The van der Waals surface area contributed by atoms with Crippen LogP contribution >= 0.6 is 11.3 Å². The summed E-state index contributed by atoms with van der Waals surface area (Å²) in [7, 11) is 0. The molecule has 0 fully saturated rings. The molecule has 0 spiro atoms. The third kappa shape index (κ3) is 2.90. The molecule has 0 aliphatic rings. The molecular formula is C9H10N6O2S. The molecule has 0 radical (unpaired) electrons. The maximum absolute atomic E-state index is 10.7. The van der Waals surface area contributed by atoms with Crippen molar-refractivity contribution in [3.05, 3.63) is 38.8 Å². The second-order valence-electron chi connectivity index (χ2n) is 3.28. The third-order valence-electron chi connectivity index (χ3n) is 2.07. The number of nitrogens with zero attached hydrogens (tertiary/aromatic N) is 3. The Balaban J connectivity index is 2.16. The van der Waals surface area contributed by atoms with Crippen LogP contribution in [0.15, 0.2) is 23.7 Å². The SMILES string of the molecule is NNc1cc([N+](=O)[O-])cc(NCc2nccs2)n1. The predicted octanol–water partition coefficient (Wildman–Crippen LogP) is 1.34. The molecule has 94 valence electrons. The molecule has 0 amide bonds. The van der Waals surface area contributed by atoms with Crippen molar-refractivity contribution in [1.82, 2.24) is 9.97 Å². The first-order chi connectivity index (χ1) is 8.69. The van der Waals surface area contributed by atoms with Gasteiger partial charge in [0.15, 0.2) is 0 Å². The van der Waals surface area contributed by atoms with Gasteiger partial charge in [-0.05, 0) is 0 Å². The second-order valence-corrected chi connectivity index (χ2v) is 4.26. The smallest absolute Gasteiger partial charge is 0.276 e. The van der Waals surface area contributed by atoms with E-state index in [0.717, 1.165) is 5.01 Å². The highest BCUT2D eigenvalue weighted by Crippen LogP contribution is 2.20. The number of thiazole rings is 1. The van der Waals surface area contributed by atoms with Gasteiger partial charge in [-0.3, -0.25) is 10.1 Å². The number of hydrazine groups is 1. The third-order valence-corrected chi connectivity index (χ3v) is 2.85. The number of nitro groups is 1. The first kappa shape index (κ1) is 12.2. The highest BCUT2D eigenvalue weighted by Gasteiger charge is 2.10. The molecule has 0 saturated carbocycles. The van der Waals surface area contributed by atoms with Crippen molar-refractivity contribution in [3.8, 4) is 0 Å². The van der Waals surface area contributed by atoms with E-state index >= 15 is 0 Å². The maximum Gasteiger partial charge on any atom is 0.276 e. The summed E-state index contributed by atoms with van der Waals surface area (Å²) in [4.78, 5) is 18.4. The lowest BCUT2D eigenvalue weighted by Gasteiger charge is -2.05. The number of hydrogen-bond donors (Lipinski definition) is 3. The van der Waals surface area contributed by atoms with Crippen LogP contribution in [0.3, 0.4) is 0 Å². The van der Waals surface area contributed by atoms with E-state index in [2.05, 4.69) is 20.7 Å². The monoisotopic (exact) mass is 266 g/mol. The summed E-state index contributed by atoms with van der Waals surface area (Å²) in [6, 6.07) is 2.60. The van der Waals surface area contributed by atoms with Crippen LogP contribution in [0.25, 0.3) is 0 Å². The van der Waals surface area contributed by atoms with E-state index in [1.807, 2.05) is 5.38 Å². The van der Waals surface area contributed by atoms with Crippen molar-refractivity contribution in [2.45, 2.75) is 6.54 Å². The lowest BCUT2D eigenvalue weighted by atomic mass is 10.3. The first-order valence-electron chi connectivity index (χ1n) is 4.94. The topological polar surface area (TPSA) is 119 Å². The van der Waals surface area contributed by atoms with Gasteiger partial charge in [0, 0.05) is 11.6 Å². The Morgan fingerprint density at radius 3 is 2.83 bits per heavy atom. The molecule has 2 aromatic rings. The van der Waals surface area contributed by atoms with E-state index in [0.29, 0.717) is 12.4 Å². The van der Waals surface area contributed by atoms with Crippen molar-refractivity contribution in [2.75, 3.05) is 10.7 Å². The summed E-state index contributed by atoms with van der Waals surface area (Å²) in [6.45, 7) is 0.454.